The van der Waals surface area contributed by atoms with Gasteiger partial charge in [0.1, 0.15) is 0 Å². The number of benzene rings is 2. The van der Waals surface area contributed by atoms with Gasteiger partial charge >= 0.3 is 0 Å². The molecule has 2 aromatic rings. The second-order valence-electron chi connectivity index (χ2n) is 5.31. The molecule has 1 amide bonds. The minimum absolute atomic E-state index is 0.125. The standard InChI is InChI=1S/C17H18Cl2N2O3S/c1-2-21-25(23,24)16-5-3-13(4-6-16)17(22)20-8-7-12-9-14(18)11-15(19)10-12/h3-6,9-11,21H,2,7-8H2,1H3,(H,20,22). The van der Waals surface area contributed by atoms with E-state index < -0.39 is 10.0 Å². The van der Waals surface area contributed by atoms with Gasteiger partial charge in [0, 0.05) is 28.7 Å². The lowest BCUT2D eigenvalue weighted by atomic mass is 10.1. The average molecular weight is 401 g/mol. The van der Waals surface area contributed by atoms with Gasteiger partial charge in [0.15, 0.2) is 0 Å². The Morgan fingerprint density at radius 3 is 2.20 bits per heavy atom. The van der Waals surface area contributed by atoms with Crippen LogP contribution in [0.5, 0.6) is 0 Å². The molecule has 0 saturated heterocycles. The first-order chi connectivity index (χ1) is 11.8. The Bertz CT molecular complexity index is 832. The quantitative estimate of drug-likeness (QED) is 0.748. The van der Waals surface area contributed by atoms with Gasteiger partial charge in [-0.2, -0.15) is 0 Å². The zero-order chi connectivity index (χ0) is 18.4. The van der Waals surface area contributed by atoms with Crippen LogP contribution >= 0.6 is 23.2 Å². The van der Waals surface area contributed by atoms with Crippen molar-refractivity contribution >= 4 is 39.1 Å². The normalized spacial score (nSPS) is 11.3. The molecule has 2 N–H and O–H groups in total. The molecule has 0 aliphatic rings. The highest BCUT2D eigenvalue weighted by Gasteiger charge is 2.13. The molecule has 2 rings (SSSR count). The Hall–Kier alpha value is -1.60. The fourth-order valence-electron chi connectivity index (χ4n) is 2.24. The average Bonchev–Trinajstić information content (AvgIpc) is 2.54. The van der Waals surface area contributed by atoms with Crippen LogP contribution < -0.4 is 10.0 Å². The number of sulfonamides is 1. The zero-order valence-electron chi connectivity index (χ0n) is 13.6. The summed E-state index contributed by atoms with van der Waals surface area (Å²) in [6.07, 6.45) is 0.582. The molecule has 134 valence electrons. The van der Waals surface area contributed by atoms with Crippen molar-refractivity contribution < 1.29 is 13.2 Å². The summed E-state index contributed by atoms with van der Waals surface area (Å²) in [6.45, 7) is 2.41. The van der Waals surface area contributed by atoms with Crippen LogP contribution in [0, 0.1) is 0 Å². The molecule has 0 fully saturated rings. The number of hydrogen-bond acceptors (Lipinski definition) is 3. The van der Waals surface area contributed by atoms with Crippen LogP contribution in [0.2, 0.25) is 10.0 Å². The van der Waals surface area contributed by atoms with Crippen molar-refractivity contribution in [2.45, 2.75) is 18.2 Å². The van der Waals surface area contributed by atoms with Crippen LogP contribution in [0.3, 0.4) is 0 Å². The Balaban J connectivity index is 1.95. The third-order valence-corrected chi connectivity index (χ3v) is 5.38. The van der Waals surface area contributed by atoms with E-state index in [2.05, 4.69) is 10.0 Å². The van der Waals surface area contributed by atoms with Crippen molar-refractivity contribution in [3.8, 4) is 0 Å². The highest BCUT2D eigenvalue weighted by Crippen LogP contribution is 2.19. The zero-order valence-corrected chi connectivity index (χ0v) is 15.9. The molecule has 0 aliphatic carbocycles. The maximum absolute atomic E-state index is 12.1. The maximum Gasteiger partial charge on any atom is 0.251 e. The lowest BCUT2D eigenvalue weighted by Crippen LogP contribution is -2.26. The van der Waals surface area contributed by atoms with Gasteiger partial charge in [-0.3, -0.25) is 4.79 Å². The van der Waals surface area contributed by atoms with Gasteiger partial charge in [-0.25, -0.2) is 13.1 Å². The summed E-state index contributed by atoms with van der Waals surface area (Å²) in [4.78, 5) is 12.3. The molecule has 0 radical (unpaired) electrons. The first-order valence-electron chi connectivity index (χ1n) is 7.64. The summed E-state index contributed by atoms with van der Waals surface area (Å²) in [5.74, 6) is -0.277. The van der Waals surface area contributed by atoms with Crippen molar-refractivity contribution in [2.24, 2.45) is 0 Å². The highest BCUT2D eigenvalue weighted by atomic mass is 35.5. The molecule has 25 heavy (non-hydrogen) atoms. The van der Waals surface area contributed by atoms with Crippen LogP contribution in [0.15, 0.2) is 47.4 Å². The van der Waals surface area contributed by atoms with Crippen LogP contribution in [0.1, 0.15) is 22.8 Å². The number of hydrogen-bond donors (Lipinski definition) is 2. The predicted octanol–water partition coefficient (Wildman–Crippen LogP) is 3.26. The van der Waals surface area contributed by atoms with Gasteiger partial charge in [0.25, 0.3) is 5.91 Å². The van der Waals surface area contributed by atoms with E-state index in [0.717, 1.165) is 5.56 Å². The molecule has 0 bridgehead atoms. The highest BCUT2D eigenvalue weighted by molar-refractivity contribution is 7.89. The number of halogens is 2. The molecule has 5 nitrogen and oxygen atoms in total. The van der Waals surface area contributed by atoms with Crippen molar-refractivity contribution in [2.75, 3.05) is 13.1 Å². The van der Waals surface area contributed by atoms with E-state index in [-0.39, 0.29) is 10.8 Å². The Morgan fingerprint density at radius 1 is 1.04 bits per heavy atom. The molecule has 8 heteroatoms. The monoisotopic (exact) mass is 400 g/mol. The summed E-state index contributed by atoms with van der Waals surface area (Å²) in [6, 6.07) is 11.0. The summed E-state index contributed by atoms with van der Waals surface area (Å²) in [5, 5.41) is 3.87. The Morgan fingerprint density at radius 2 is 1.64 bits per heavy atom. The van der Waals surface area contributed by atoms with E-state index >= 15 is 0 Å². The molecular formula is C17H18Cl2N2O3S. The van der Waals surface area contributed by atoms with Gasteiger partial charge in [-0.15, -0.1) is 0 Å². The van der Waals surface area contributed by atoms with Crippen molar-refractivity contribution in [1.29, 1.82) is 0 Å². The lowest BCUT2D eigenvalue weighted by molar-refractivity contribution is 0.0954. The number of amides is 1. The summed E-state index contributed by atoms with van der Waals surface area (Å²) < 4.78 is 26.1. The first-order valence-corrected chi connectivity index (χ1v) is 9.88. The van der Waals surface area contributed by atoms with E-state index in [9.17, 15) is 13.2 Å². The molecule has 0 spiro atoms. The second-order valence-corrected chi connectivity index (χ2v) is 7.95. The number of carbonyl (C=O) groups is 1. The summed E-state index contributed by atoms with van der Waals surface area (Å²) >= 11 is 11.9. The molecule has 2 aromatic carbocycles. The number of carbonyl (C=O) groups excluding carboxylic acids is 1. The van der Waals surface area contributed by atoms with Crippen molar-refractivity contribution in [1.82, 2.24) is 10.0 Å². The molecule has 0 saturated carbocycles. The van der Waals surface area contributed by atoms with E-state index in [4.69, 9.17) is 23.2 Å². The molecule has 0 heterocycles. The Labute approximate surface area is 157 Å². The fourth-order valence-corrected chi connectivity index (χ4v) is 3.85. The second kappa shape index (κ2) is 8.67. The van der Waals surface area contributed by atoms with E-state index in [1.807, 2.05) is 0 Å². The molecule has 0 atom stereocenters. The minimum atomic E-state index is -3.52. The third kappa shape index (κ3) is 5.71. The summed E-state index contributed by atoms with van der Waals surface area (Å²) in [5.41, 5.74) is 1.31. The van der Waals surface area contributed by atoms with Gasteiger partial charge in [0.2, 0.25) is 10.0 Å². The molecule has 0 aromatic heterocycles. The van der Waals surface area contributed by atoms with Crippen LogP contribution in [-0.2, 0) is 16.4 Å². The van der Waals surface area contributed by atoms with Gasteiger partial charge < -0.3 is 5.32 Å². The predicted molar refractivity (Wildman–Crippen MR) is 99.8 cm³/mol. The van der Waals surface area contributed by atoms with Gasteiger partial charge in [0.05, 0.1) is 4.90 Å². The summed E-state index contributed by atoms with van der Waals surface area (Å²) in [7, 11) is -3.52. The Kier molecular flexibility index (Phi) is 6.84. The lowest BCUT2D eigenvalue weighted by Gasteiger charge is -2.08. The van der Waals surface area contributed by atoms with E-state index in [1.165, 1.54) is 24.3 Å². The number of nitrogens with one attached hydrogen (secondary N) is 2. The fraction of sp³-hybridized carbons (Fsp3) is 0.235. The van der Waals surface area contributed by atoms with E-state index in [0.29, 0.717) is 35.1 Å². The maximum atomic E-state index is 12.1. The molecular weight excluding hydrogens is 383 g/mol. The van der Waals surface area contributed by atoms with Crippen LogP contribution in [0.4, 0.5) is 0 Å². The smallest absolute Gasteiger partial charge is 0.251 e. The van der Waals surface area contributed by atoms with E-state index in [1.54, 1.807) is 25.1 Å². The van der Waals surface area contributed by atoms with Gasteiger partial charge in [-0.1, -0.05) is 30.1 Å². The number of rotatable bonds is 7. The van der Waals surface area contributed by atoms with Gasteiger partial charge in [-0.05, 0) is 54.4 Å². The van der Waals surface area contributed by atoms with Crippen LogP contribution in [0.25, 0.3) is 0 Å². The van der Waals surface area contributed by atoms with Crippen molar-refractivity contribution in [3.63, 3.8) is 0 Å². The largest absolute Gasteiger partial charge is 0.352 e. The first kappa shape index (κ1) is 19.7. The molecule has 0 unspecified atom stereocenters. The van der Waals surface area contributed by atoms with Crippen molar-refractivity contribution in [3.05, 3.63) is 63.6 Å². The third-order valence-electron chi connectivity index (χ3n) is 3.38. The topological polar surface area (TPSA) is 75.3 Å². The van der Waals surface area contributed by atoms with Crippen LogP contribution in [-0.4, -0.2) is 27.4 Å². The molecule has 0 aliphatic heterocycles. The minimum Gasteiger partial charge on any atom is -0.352 e. The SMILES string of the molecule is CCNS(=O)(=O)c1ccc(C(=O)NCCc2cc(Cl)cc(Cl)c2)cc1.